The average molecular weight is 244 g/mol. The standard InChI is InChI=1S/C12H18ClNO2/c1-6-8(12(3,4)14)10(15)11(16-5)7(2)9(6)13/h15H,14H2,1-5H3. The van der Waals surface area contributed by atoms with Gasteiger partial charge in [0.2, 0.25) is 0 Å². The van der Waals surface area contributed by atoms with Crippen LogP contribution in [0.2, 0.25) is 5.02 Å². The predicted octanol–water partition coefficient (Wildman–Crippen LogP) is 2.86. The van der Waals surface area contributed by atoms with Crippen LogP contribution in [0.1, 0.15) is 30.5 Å². The zero-order chi connectivity index (χ0) is 12.7. The summed E-state index contributed by atoms with van der Waals surface area (Å²) in [6.07, 6.45) is 0. The Labute approximate surface area is 101 Å². The first-order valence-electron chi connectivity index (χ1n) is 5.06. The molecule has 0 bridgehead atoms. The number of nitrogens with two attached hydrogens (primary N) is 1. The van der Waals surface area contributed by atoms with Gasteiger partial charge in [0, 0.05) is 16.7 Å². The molecule has 1 aromatic carbocycles. The van der Waals surface area contributed by atoms with Crippen molar-refractivity contribution in [2.75, 3.05) is 7.11 Å². The molecular formula is C12H18ClNO2. The molecule has 1 rings (SSSR count). The molecule has 4 heteroatoms. The van der Waals surface area contributed by atoms with Crippen LogP contribution in [0, 0.1) is 13.8 Å². The molecule has 90 valence electrons. The van der Waals surface area contributed by atoms with Crippen LogP contribution in [-0.2, 0) is 5.54 Å². The van der Waals surface area contributed by atoms with Crippen LogP contribution in [-0.4, -0.2) is 12.2 Å². The van der Waals surface area contributed by atoms with E-state index < -0.39 is 5.54 Å². The number of hydrogen-bond donors (Lipinski definition) is 2. The van der Waals surface area contributed by atoms with Gasteiger partial charge in [-0.15, -0.1) is 0 Å². The molecular weight excluding hydrogens is 226 g/mol. The fourth-order valence-electron chi connectivity index (χ4n) is 2.00. The van der Waals surface area contributed by atoms with Crippen molar-refractivity contribution in [3.05, 3.63) is 21.7 Å². The zero-order valence-corrected chi connectivity index (χ0v) is 11.1. The van der Waals surface area contributed by atoms with E-state index in [0.717, 1.165) is 11.1 Å². The van der Waals surface area contributed by atoms with E-state index >= 15 is 0 Å². The van der Waals surface area contributed by atoms with Crippen molar-refractivity contribution in [2.45, 2.75) is 33.2 Å². The molecule has 1 aromatic rings. The van der Waals surface area contributed by atoms with Gasteiger partial charge in [0.1, 0.15) is 0 Å². The summed E-state index contributed by atoms with van der Waals surface area (Å²) in [4.78, 5) is 0. The fraction of sp³-hybridized carbons (Fsp3) is 0.500. The molecule has 0 atom stereocenters. The number of hydrogen-bond acceptors (Lipinski definition) is 3. The van der Waals surface area contributed by atoms with E-state index in [1.807, 2.05) is 20.8 Å². The maximum atomic E-state index is 10.1. The SMILES string of the molecule is COc1c(C)c(Cl)c(C)c(C(C)(C)N)c1O. The molecule has 0 aliphatic rings. The molecule has 0 spiro atoms. The molecule has 0 unspecified atom stereocenters. The lowest BCUT2D eigenvalue weighted by Gasteiger charge is -2.26. The van der Waals surface area contributed by atoms with E-state index in [0.29, 0.717) is 16.3 Å². The number of benzene rings is 1. The molecule has 3 N–H and O–H groups in total. The summed E-state index contributed by atoms with van der Waals surface area (Å²) >= 11 is 6.20. The summed E-state index contributed by atoms with van der Waals surface area (Å²) in [5, 5.41) is 10.7. The van der Waals surface area contributed by atoms with E-state index in [9.17, 15) is 5.11 Å². The van der Waals surface area contributed by atoms with Crippen molar-refractivity contribution in [1.82, 2.24) is 0 Å². The van der Waals surface area contributed by atoms with Crippen LogP contribution in [0.5, 0.6) is 11.5 Å². The number of ether oxygens (including phenoxy) is 1. The second-order valence-corrected chi connectivity index (χ2v) is 4.92. The first-order chi connectivity index (χ1) is 7.21. The average Bonchev–Trinajstić information content (AvgIpc) is 2.13. The fourth-order valence-corrected chi connectivity index (χ4v) is 2.18. The normalized spacial score (nSPS) is 11.7. The minimum absolute atomic E-state index is 0.0781. The molecule has 16 heavy (non-hydrogen) atoms. The highest BCUT2D eigenvalue weighted by molar-refractivity contribution is 6.32. The van der Waals surface area contributed by atoms with Gasteiger partial charge in [0.25, 0.3) is 0 Å². The van der Waals surface area contributed by atoms with Crippen molar-refractivity contribution in [3.63, 3.8) is 0 Å². The number of aromatic hydroxyl groups is 1. The molecule has 0 aromatic heterocycles. The van der Waals surface area contributed by atoms with E-state index in [1.165, 1.54) is 7.11 Å². The minimum atomic E-state index is -0.668. The number of halogens is 1. The van der Waals surface area contributed by atoms with Crippen LogP contribution in [0.25, 0.3) is 0 Å². The lowest BCUT2D eigenvalue weighted by atomic mass is 9.89. The molecule has 0 aliphatic carbocycles. The molecule has 0 amide bonds. The second kappa shape index (κ2) is 4.15. The van der Waals surface area contributed by atoms with E-state index in [4.69, 9.17) is 22.1 Å². The van der Waals surface area contributed by atoms with Gasteiger partial charge < -0.3 is 15.6 Å². The van der Waals surface area contributed by atoms with Gasteiger partial charge >= 0.3 is 0 Å². The van der Waals surface area contributed by atoms with Gasteiger partial charge in [-0.25, -0.2) is 0 Å². The van der Waals surface area contributed by atoms with Crippen LogP contribution in [0.3, 0.4) is 0 Å². The van der Waals surface area contributed by atoms with Crippen LogP contribution in [0.15, 0.2) is 0 Å². The Hall–Kier alpha value is -0.930. The number of phenolic OH excluding ortho intramolecular Hbond substituents is 1. The molecule has 0 saturated carbocycles. The Balaban J connectivity index is 3.69. The first-order valence-corrected chi connectivity index (χ1v) is 5.44. The van der Waals surface area contributed by atoms with E-state index in [2.05, 4.69) is 0 Å². The highest BCUT2D eigenvalue weighted by atomic mass is 35.5. The Morgan fingerprint density at radius 1 is 1.25 bits per heavy atom. The van der Waals surface area contributed by atoms with Gasteiger partial charge in [-0.05, 0) is 33.3 Å². The molecule has 0 aliphatic heterocycles. The maximum Gasteiger partial charge on any atom is 0.165 e. The smallest absolute Gasteiger partial charge is 0.165 e. The lowest BCUT2D eigenvalue weighted by Crippen LogP contribution is -2.30. The van der Waals surface area contributed by atoms with Crippen molar-refractivity contribution < 1.29 is 9.84 Å². The number of rotatable bonds is 2. The maximum absolute atomic E-state index is 10.1. The van der Waals surface area contributed by atoms with Crippen LogP contribution < -0.4 is 10.5 Å². The Bertz CT molecular complexity index is 422. The van der Waals surface area contributed by atoms with Gasteiger partial charge in [-0.1, -0.05) is 11.6 Å². The summed E-state index contributed by atoms with van der Waals surface area (Å²) in [6.45, 7) is 7.29. The Morgan fingerprint density at radius 2 is 1.75 bits per heavy atom. The summed E-state index contributed by atoms with van der Waals surface area (Å²) in [5.41, 5.74) is 7.51. The van der Waals surface area contributed by atoms with Gasteiger partial charge in [0.05, 0.1) is 12.1 Å². The third kappa shape index (κ3) is 1.97. The number of methoxy groups -OCH3 is 1. The van der Waals surface area contributed by atoms with Crippen molar-refractivity contribution in [2.24, 2.45) is 5.73 Å². The molecule has 0 heterocycles. The van der Waals surface area contributed by atoms with Crippen molar-refractivity contribution in [1.29, 1.82) is 0 Å². The second-order valence-electron chi connectivity index (χ2n) is 4.54. The summed E-state index contributed by atoms with van der Waals surface area (Å²) in [6, 6.07) is 0. The lowest BCUT2D eigenvalue weighted by molar-refractivity contribution is 0.360. The monoisotopic (exact) mass is 243 g/mol. The zero-order valence-electron chi connectivity index (χ0n) is 10.3. The third-order valence-electron chi connectivity index (χ3n) is 2.67. The largest absolute Gasteiger partial charge is 0.504 e. The molecule has 0 radical (unpaired) electrons. The predicted molar refractivity (Wildman–Crippen MR) is 66.4 cm³/mol. The topological polar surface area (TPSA) is 55.5 Å². The Morgan fingerprint density at radius 3 is 2.12 bits per heavy atom. The first kappa shape index (κ1) is 13.1. The highest BCUT2D eigenvalue weighted by Crippen LogP contribution is 2.44. The summed E-state index contributed by atoms with van der Waals surface area (Å²) in [7, 11) is 1.50. The van der Waals surface area contributed by atoms with Crippen LogP contribution >= 0.6 is 11.6 Å². The van der Waals surface area contributed by atoms with Gasteiger partial charge in [0.15, 0.2) is 11.5 Å². The third-order valence-corrected chi connectivity index (χ3v) is 3.24. The van der Waals surface area contributed by atoms with E-state index in [1.54, 1.807) is 6.92 Å². The van der Waals surface area contributed by atoms with Crippen molar-refractivity contribution in [3.8, 4) is 11.5 Å². The molecule has 0 saturated heterocycles. The van der Waals surface area contributed by atoms with Gasteiger partial charge in [-0.2, -0.15) is 0 Å². The molecule has 3 nitrogen and oxygen atoms in total. The minimum Gasteiger partial charge on any atom is -0.504 e. The Kier molecular flexibility index (Phi) is 3.41. The van der Waals surface area contributed by atoms with Gasteiger partial charge in [-0.3, -0.25) is 0 Å². The summed E-state index contributed by atoms with van der Waals surface area (Å²) < 4.78 is 5.16. The molecule has 0 fully saturated rings. The van der Waals surface area contributed by atoms with Crippen LogP contribution in [0.4, 0.5) is 0 Å². The quantitative estimate of drug-likeness (QED) is 0.840. The number of phenols is 1. The van der Waals surface area contributed by atoms with E-state index in [-0.39, 0.29) is 5.75 Å². The van der Waals surface area contributed by atoms with Crippen molar-refractivity contribution >= 4 is 11.6 Å². The summed E-state index contributed by atoms with van der Waals surface area (Å²) in [5.74, 6) is 0.471. The highest BCUT2D eigenvalue weighted by Gasteiger charge is 2.27.